The highest BCUT2D eigenvalue weighted by Gasteiger charge is 2.15. The molecule has 2 aromatic carbocycles. The molecule has 33 heavy (non-hydrogen) atoms. The van der Waals surface area contributed by atoms with Crippen molar-refractivity contribution in [3.8, 4) is 5.75 Å². The molecule has 5 rings (SSSR count). The number of nitrogens with one attached hydrogen (secondary N) is 2. The molecule has 0 bridgehead atoms. The minimum absolute atomic E-state index is 0.147. The first-order valence-electron chi connectivity index (χ1n) is 10.5. The molecule has 2 aromatic heterocycles. The Morgan fingerprint density at radius 2 is 1.91 bits per heavy atom. The number of halogens is 1. The van der Waals surface area contributed by atoms with E-state index in [-0.39, 0.29) is 6.04 Å². The largest absolute Gasteiger partial charge is 0.486 e. The van der Waals surface area contributed by atoms with Gasteiger partial charge in [-0.2, -0.15) is 0 Å². The van der Waals surface area contributed by atoms with Crippen molar-refractivity contribution in [2.24, 2.45) is 4.99 Å². The van der Waals surface area contributed by atoms with Crippen molar-refractivity contribution in [1.82, 2.24) is 15.0 Å². The van der Waals surface area contributed by atoms with E-state index in [1.54, 1.807) is 12.3 Å². The van der Waals surface area contributed by atoms with Gasteiger partial charge in [-0.3, -0.25) is 4.98 Å². The van der Waals surface area contributed by atoms with Gasteiger partial charge >= 0.3 is 0 Å². The third kappa shape index (κ3) is 4.96. The van der Waals surface area contributed by atoms with Crippen LogP contribution in [0.2, 0.25) is 5.02 Å². The summed E-state index contributed by atoms with van der Waals surface area (Å²) in [6, 6.07) is 17.7. The molecule has 9 heteroatoms. The van der Waals surface area contributed by atoms with Crippen LogP contribution in [0.15, 0.2) is 72.1 Å². The van der Waals surface area contributed by atoms with Gasteiger partial charge in [0.05, 0.1) is 22.3 Å². The summed E-state index contributed by atoms with van der Waals surface area (Å²) in [5.41, 5.74) is 3.25. The lowest BCUT2D eigenvalue weighted by molar-refractivity contribution is 0.301. The van der Waals surface area contributed by atoms with Crippen LogP contribution in [0.1, 0.15) is 12.6 Å². The number of aromatic nitrogens is 3. The van der Waals surface area contributed by atoms with E-state index in [4.69, 9.17) is 21.1 Å². The Bertz CT molecular complexity index is 1320. The maximum absolute atomic E-state index is 6.46. The number of benzene rings is 2. The van der Waals surface area contributed by atoms with Crippen molar-refractivity contribution in [3.63, 3.8) is 0 Å². The lowest BCUT2D eigenvalue weighted by Crippen LogP contribution is -2.11. The summed E-state index contributed by atoms with van der Waals surface area (Å²) in [7, 11) is 0. The Kier molecular flexibility index (Phi) is 5.91. The summed E-state index contributed by atoms with van der Waals surface area (Å²) >= 11 is 6.46. The fourth-order valence-electron chi connectivity index (χ4n) is 3.37. The van der Waals surface area contributed by atoms with E-state index in [0.29, 0.717) is 35.8 Å². The van der Waals surface area contributed by atoms with Gasteiger partial charge in [-0.25, -0.2) is 15.0 Å². The molecule has 8 nitrogen and oxygen atoms in total. The number of anilines is 3. The Labute approximate surface area is 195 Å². The van der Waals surface area contributed by atoms with Crippen LogP contribution in [-0.2, 0) is 11.3 Å². The second-order valence-electron chi connectivity index (χ2n) is 7.55. The molecule has 0 aliphatic carbocycles. The molecular weight excluding hydrogens is 440 g/mol. The summed E-state index contributed by atoms with van der Waals surface area (Å²) in [6.45, 7) is 2.92. The topological polar surface area (TPSA) is 93.5 Å². The quantitative estimate of drug-likeness (QED) is 0.409. The molecule has 166 valence electrons. The Hall–Kier alpha value is -3.91. The van der Waals surface area contributed by atoms with Crippen LogP contribution in [0, 0.1) is 0 Å². The van der Waals surface area contributed by atoms with Gasteiger partial charge in [-0.15, -0.1) is 0 Å². The number of hydrogen-bond acceptors (Lipinski definition) is 8. The van der Waals surface area contributed by atoms with Crippen LogP contribution >= 0.6 is 11.6 Å². The standard InChI is InChI=1S/C24H21ClN6O2/c1-15-12-33-24(29-15)31-16-5-7-21-19(10-16)23(28-14-27-21)30-17-6-8-22(20(25)11-17)32-13-18-4-2-3-9-26-18/h2-11,14-15H,12-13H2,1H3,(H,29,31)(H,27,28,30). The maximum atomic E-state index is 6.46. The average Bonchev–Trinajstić information content (AvgIpc) is 3.24. The second kappa shape index (κ2) is 9.30. The average molecular weight is 461 g/mol. The van der Waals surface area contributed by atoms with Gasteiger partial charge in [0.2, 0.25) is 0 Å². The molecule has 1 atom stereocenters. The number of aliphatic imine (C=N–C) groups is 1. The Balaban J connectivity index is 1.34. The van der Waals surface area contributed by atoms with Crippen LogP contribution in [0.5, 0.6) is 5.75 Å². The molecule has 0 radical (unpaired) electrons. The third-order valence-electron chi connectivity index (χ3n) is 4.98. The normalized spacial score (nSPS) is 15.1. The van der Waals surface area contributed by atoms with E-state index >= 15 is 0 Å². The predicted octanol–water partition coefficient (Wildman–Crippen LogP) is 5.19. The smallest absolute Gasteiger partial charge is 0.289 e. The lowest BCUT2D eigenvalue weighted by atomic mass is 10.2. The highest BCUT2D eigenvalue weighted by Crippen LogP contribution is 2.31. The fraction of sp³-hybridized carbons (Fsp3) is 0.167. The summed E-state index contributed by atoms with van der Waals surface area (Å²) < 4.78 is 11.3. The highest BCUT2D eigenvalue weighted by atomic mass is 35.5. The van der Waals surface area contributed by atoms with Crippen molar-refractivity contribution in [2.45, 2.75) is 19.6 Å². The minimum Gasteiger partial charge on any atom is -0.486 e. The number of fused-ring (bicyclic) bond motifs is 1. The minimum atomic E-state index is 0.147. The molecule has 4 aromatic rings. The molecule has 0 saturated carbocycles. The van der Waals surface area contributed by atoms with Crippen molar-refractivity contribution in [3.05, 3.63) is 77.8 Å². The third-order valence-corrected chi connectivity index (χ3v) is 5.28. The first kappa shape index (κ1) is 21.0. The number of amidine groups is 1. The molecule has 1 aliphatic heterocycles. The fourth-order valence-corrected chi connectivity index (χ4v) is 3.60. The van der Waals surface area contributed by atoms with Gasteiger partial charge in [0, 0.05) is 23.0 Å². The zero-order chi connectivity index (χ0) is 22.6. The Morgan fingerprint density at radius 1 is 1.03 bits per heavy atom. The molecule has 0 spiro atoms. The van der Waals surface area contributed by atoms with Gasteiger partial charge < -0.3 is 20.1 Å². The first-order valence-corrected chi connectivity index (χ1v) is 10.8. The van der Waals surface area contributed by atoms with Crippen LogP contribution in [0.25, 0.3) is 10.9 Å². The Morgan fingerprint density at radius 3 is 2.70 bits per heavy atom. The molecule has 1 unspecified atom stereocenters. The maximum Gasteiger partial charge on any atom is 0.289 e. The van der Waals surface area contributed by atoms with Crippen LogP contribution in [0.4, 0.5) is 17.2 Å². The van der Waals surface area contributed by atoms with Crippen LogP contribution < -0.4 is 15.4 Å². The molecule has 0 amide bonds. The van der Waals surface area contributed by atoms with Crippen molar-refractivity contribution >= 4 is 45.7 Å². The number of ether oxygens (including phenoxy) is 2. The van der Waals surface area contributed by atoms with Gasteiger partial charge in [0.15, 0.2) is 0 Å². The zero-order valence-electron chi connectivity index (χ0n) is 17.8. The highest BCUT2D eigenvalue weighted by molar-refractivity contribution is 6.32. The zero-order valence-corrected chi connectivity index (χ0v) is 18.6. The van der Waals surface area contributed by atoms with Crippen LogP contribution in [-0.4, -0.2) is 33.6 Å². The summed E-state index contributed by atoms with van der Waals surface area (Å²) in [4.78, 5) is 17.4. The van der Waals surface area contributed by atoms with E-state index in [1.807, 2.05) is 55.5 Å². The molecule has 0 fully saturated rings. The molecule has 0 saturated heterocycles. The number of pyridine rings is 1. The van der Waals surface area contributed by atoms with Gasteiger partial charge in [-0.05, 0) is 55.5 Å². The summed E-state index contributed by atoms with van der Waals surface area (Å²) in [6.07, 6.45) is 3.25. The van der Waals surface area contributed by atoms with Crippen LogP contribution in [0.3, 0.4) is 0 Å². The lowest BCUT2D eigenvalue weighted by Gasteiger charge is -2.12. The van der Waals surface area contributed by atoms with Gasteiger partial charge in [0.1, 0.15) is 31.1 Å². The first-order chi connectivity index (χ1) is 16.1. The molecular formula is C24H21ClN6O2. The SMILES string of the molecule is CC1COC(Nc2ccc3ncnc(Nc4ccc(OCc5ccccn5)c(Cl)c4)c3c2)=N1. The number of nitrogens with zero attached hydrogens (tertiary/aromatic N) is 4. The summed E-state index contributed by atoms with van der Waals surface area (Å²) in [5.74, 6) is 1.24. The number of hydrogen-bond donors (Lipinski definition) is 2. The van der Waals surface area contributed by atoms with Crippen molar-refractivity contribution in [1.29, 1.82) is 0 Å². The molecule has 1 aliphatic rings. The van der Waals surface area contributed by atoms with E-state index in [0.717, 1.165) is 28.0 Å². The van der Waals surface area contributed by atoms with E-state index in [9.17, 15) is 0 Å². The van der Waals surface area contributed by atoms with E-state index in [1.165, 1.54) is 6.33 Å². The molecule has 3 heterocycles. The van der Waals surface area contributed by atoms with Crippen molar-refractivity contribution < 1.29 is 9.47 Å². The summed E-state index contributed by atoms with van der Waals surface area (Å²) in [5, 5.41) is 7.86. The van der Waals surface area contributed by atoms with Gasteiger partial charge in [-0.1, -0.05) is 17.7 Å². The van der Waals surface area contributed by atoms with E-state index < -0.39 is 0 Å². The van der Waals surface area contributed by atoms with E-state index in [2.05, 4.69) is 30.6 Å². The van der Waals surface area contributed by atoms with Crippen molar-refractivity contribution in [2.75, 3.05) is 17.2 Å². The van der Waals surface area contributed by atoms with Gasteiger partial charge in [0.25, 0.3) is 6.02 Å². The molecule has 2 N–H and O–H groups in total. The number of rotatable bonds is 6. The predicted molar refractivity (Wildman–Crippen MR) is 129 cm³/mol. The monoisotopic (exact) mass is 460 g/mol. The second-order valence-corrected chi connectivity index (χ2v) is 7.96.